The van der Waals surface area contributed by atoms with Crippen LogP contribution in [0.25, 0.3) is 0 Å². The van der Waals surface area contributed by atoms with Crippen molar-refractivity contribution in [1.29, 1.82) is 0 Å². The lowest BCUT2D eigenvalue weighted by Gasteiger charge is -2.21. The maximum atomic E-state index is 4.62. The SMILES string of the molecule is CCCc1nsc(C(C)C(CC)NCC)n1. The van der Waals surface area contributed by atoms with Crippen molar-refractivity contribution < 1.29 is 0 Å². The van der Waals surface area contributed by atoms with E-state index in [1.165, 1.54) is 5.01 Å². The van der Waals surface area contributed by atoms with Crippen LogP contribution in [0.15, 0.2) is 0 Å². The second-order valence-electron chi connectivity index (χ2n) is 4.16. The van der Waals surface area contributed by atoms with Crippen LogP contribution in [0, 0.1) is 0 Å². The highest BCUT2D eigenvalue weighted by Crippen LogP contribution is 2.23. The molecule has 0 amide bonds. The summed E-state index contributed by atoms with van der Waals surface area (Å²) < 4.78 is 4.41. The van der Waals surface area contributed by atoms with Crippen LogP contribution < -0.4 is 5.32 Å². The van der Waals surface area contributed by atoms with Crippen molar-refractivity contribution in [3.63, 3.8) is 0 Å². The molecule has 0 aliphatic heterocycles. The third-order valence-corrected chi connectivity index (χ3v) is 3.81. The summed E-state index contributed by atoms with van der Waals surface area (Å²) in [4.78, 5) is 4.62. The van der Waals surface area contributed by atoms with Gasteiger partial charge in [0.2, 0.25) is 0 Å². The fourth-order valence-electron chi connectivity index (χ4n) is 1.89. The molecule has 0 saturated heterocycles. The number of likely N-dealkylation sites (N-methyl/N-ethyl adjacent to an activating group) is 1. The average Bonchev–Trinajstić information content (AvgIpc) is 2.74. The van der Waals surface area contributed by atoms with E-state index in [4.69, 9.17) is 0 Å². The minimum atomic E-state index is 0.466. The number of nitrogens with one attached hydrogen (secondary N) is 1. The van der Waals surface area contributed by atoms with Crippen LogP contribution in [-0.4, -0.2) is 21.9 Å². The summed E-state index contributed by atoms with van der Waals surface area (Å²) in [7, 11) is 0. The first-order chi connectivity index (χ1) is 7.72. The van der Waals surface area contributed by atoms with Crippen molar-refractivity contribution in [2.24, 2.45) is 0 Å². The summed E-state index contributed by atoms with van der Waals surface area (Å²) in [5, 5.41) is 4.69. The van der Waals surface area contributed by atoms with Crippen LogP contribution in [0.4, 0.5) is 0 Å². The van der Waals surface area contributed by atoms with Gasteiger partial charge in [0, 0.05) is 18.4 Å². The van der Waals surface area contributed by atoms with Crippen molar-refractivity contribution in [2.75, 3.05) is 6.54 Å². The van der Waals surface area contributed by atoms with Gasteiger partial charge in [-0.3, -0.25) is 0 Å². The molecular weight excluding hydrogens is 218 g/mol. The summed E-state index contributed by atoms with van der Waals surface area (Å²) in [5.74, 6) is 1.48. The van der Waals surface area contributed by atoms with Gasteiger partial charge in [-0.25, -0.2) is 4.98 Å². The predicted octanol–water partition coefficient (Wildman–Crippen LogP) is 2.98. The number of nitrogens with zero attached hydrogens (tertiary/aromatic N) is 2. The molecule has 0 aliphatic carbocycles. The highest BCUT2D eigenvalue weighted by molar-refractivity contribution is 7.05. The molecule has 2 atom stereocenters. The van der Waals surface area contributed by atoms with E-state index in [1.54, 1.807) is 11.5 Å². The summed E-state index contributed by atoms with van der Waals surface area (Å²) in [6.07, 6.45) is 3.26. The van der Waals surface area contributed by atoms with Crippen molar-refractivity contribution >= 4 is 11.5 Å². The molecule has 0 aliphatic rings. The molecule has 1 N–H and O–H groups in total. The maximum absolute atomic E-state index is 4.62. The molecule has 1 aromatic heterocycles. The molecule has 2 unspecified atom stereocenters. The zero-order valence-corrected chi connectivity index (χ0v) is 11.6. The first-order valence-electron chi connectivity index (χ1n) is 6.28. The van der Waals surface area contributed by atoms with E-state index in [0.717, 1.165) is 31.6 Å². The second kappa shape index (κ2) is 6.97. The molecule has 16 heavy (non-hydrogen) atoms. The molecule has 0 aromatic carbocycles. The Morgan fingerprint density at radius 2 is 2.06 bits per heavy atom. The number of aryl methyl sites for hydroxylation is 1. The van der Waals surface area contributed by atoms with Gasteiger partial charge >= 0.3 is 0 Å². The Hall–Kier alpha value is -0.480. The quantitative estimate of drug-likeness (QED) is 0.797. The topological polar surface area (TPSA) is 37.8 Å². The van der Waals surface area contributed by atoms with Crippen LogP contribution >= 0.6 is 11.5 Å². The van der Waals surface area contributed by atoms with Gasteiger partial charge in [0.25, 0.3) is 0 Å². The Balaban J connectivity index is 2.66. The summed E-state index contributed by atoms with van der Waals surface area (Å²) in [5.41, 5.74) is 0. The molecule has 1 rings (SSSR count). The smallest absolute Gasteiger partial charge is 0.142 e. The van der Waals surface area contributed by atoms with Crippen LogP contribution in [-0.2, 0) is 6.42 Å². The normalized spacial score (nSPS) is 15.0. The minimum Gasteiger partial charge on any atom is -0.314 e. The van der Waals surface area contributed by atoms with Gasteiger partial charge in [-0.05, 0) is 30.9 Å². The Kier molecular flexibility index (Phi) is 5.91. The van der Waals surface area contributed by atoms with Gasteiger partial charge in [0.05, 0.1) is 0 Å². The predicted molar refractivity (Wildman–Crippen MR) is 70.1 cm³/mol. The fourth-order valence-corrected chi connectivity index (χ4v) is 2.69. The van der Waals surface area contributed by atoms with E-state index in [2.05, 4.69) is 42.4 Å². The molecule has 0 spiro atoms. The van der Waals surface area contributed by atoms with Crippen molar-refractivity contribution in [2.45, 2.75) is 58.9 Å². The van der Waals surface area contributed by atoms with E-state index in [0.29, 0.717) is 12.0 Å². The van der Waals surface area contributed by atoms with E-state index in [9.17, 15) is 0 Å². The lowest BCUT2D eigenvalue weighted by molar-refractivity contribution is 0.447. The Bertz CT molecular complexity index is 298. The first kappa shape index (κ1) is 13.6. The molecule has 92 valence electrons. The highest BCUT2D eigenvalue weighted by atomic mass is 32.1. The number of hydrogen-bond donors (Lipinski definition) is 1. The second-order valence-corrected chi connectivity index (χ2v) is 4.94. The molecule has 1 aromatic rings. The summed E-state index contributed by atoms with van der Waals surface area (Å²) in [6, 6.07) is 0.521. The van der Waals surface area contributed by atoms with Gasteiger partial charge in [-0.1, -0.05) is 27.7 Å². The summed E-state index contributed by atoms with van der Waals surface area (Å²) >= 11 is 1.57. The Labute approximate surface area is 103 Å². The van der Waals surface area contributed by atoms with Crippen LogP contribution in [0.2, 0.25) is 0 Å². The molecule has 1 heterocycles. The Morgan fingerprint density at radius 3 is 2.62 bits per heavy atom. The monoisotopic (exact) mass is 241 g/mol. The van der Waals surface area contributed by atoms with E-state index >= 15 is 0 Å². The Morgan fingerprint density at radius 1 is 1.31 bits per heavy atom. The van der Waals surface area contributed by atoms with Crippen LogP contribution in [0.3, 0.4) is 0 Å². The van der Waals surface area contributed by atoms with Gasteiger partial charge in [0.1, 0.15) is 10.8 Å². The van der Waals surface area contributed by atoms with Crippen LogP contribution in [0.5, 0.6) is 0 Å². The lowest BCUT2D eigenvalue weighted by Crippen LogP contribution is -2.32. The zero-order valence-electron chi connectivity index (χ0n) is 10.8. The van der Waals surface area contributed by atoms with Crippen molar-refractivity contribution in [3.8, 4) is 0 Å². The molecule has 0 saturated carbocycles. The molecule has 0 bridgehead atoms. The number of rotatable bonds is 7. The fraction of sp³-hybridized carbons (Fsp3) is 0.833. The molecule has 4 heteroatoms. The molecule has 0 radical (unpaired) electrons. The van der Waals surface area contributed by atoms with E-state index < -0.39 is 0 Å². The van der Waals surface area contributed by atoms with Crippen LogP contribution in [0.1, 0.15) is 57.3 Å². The highest BCUT2D eigenvalue weighted by Gasteiger charge is 2.19. The largest absolute Gasteiger partial charge is 0.314 e. The zero-order chi connectivity index (χ0) is 12.0. The van der Waals surface area contributed by atoms with E-state index in [-0.39, 0.29) is 0 Å². The van der Waals surface area contributed by atoms with Crippen molar-refractivity contribution in [3.05, 3.63) is 10.8 Å². The maximum Gasteiger partial charge on any atom is 0.142 e. The third-order valence-electron chi connectivity index (χ3n) is 2.86. The minimum absolute atomic E-state index is 0.466. The van der Waals surface area contributed by atoms with Gasteiger partial charge in [-0.15, -0.1) is 0 Å². The molecule has 0 fully saturated rings. The number of aromatic nitrogens is 2. The molecular formula is C12H23N3S. The number of hydrogen-bond acceptors (Lipinski definition) is 4. The third kappa shape index (κ3) is 3.52. The first-order valence-corrected chi connectivity index (χ1v) is 7.06. The van der Waals surface area contributed by atoms with Crippen molar-refractivity contribution in [1.82, 2.24) is 14.7 Å². The van der Waals surface area contributed by atoms with Gasteiger partial charge < -0.3 is 5.32 Å². The lowest BCUT2D eigenvalue weighted by atomic mass is 10.0. The van der Waals surface area contributed by atoms with Gasteiger partial charge in [-0.2, -0.15) is 4.37 Å². The van der Waals surface area contributed by atoms with Gasteiger partial charge in [0.15, 0.2) is 0 Å². The summed E-state index contributed by atoms with van der Waals surface area (Å²) in [6.45, 7) is 9.80. The molecule has 3 nitrogen and oxygen atoms in total. The van der Waals surface area contributed by atoms with E-state index in [1.807, 2.05) is 0 Å². The average molecular weight is 241 g/mol. The standard InChI is InChI=1S/C12H23N3S/c1-5-8-11-14-12(16-15-11)9(4)10(6-2)13-7-3/h9-10,13H,5-8H2,1-4H3.